The normalized spacial score (nSPS) is 27.9. The number of aromatic amines is 1. The van der Waals surface area contributed by atoms with Gasteiger partial charge in [-0.2, -0.15) is 5.10 Å². The van der Waals surface area contributed by atoms with Crippen molar-refractivity contribution in [1.82, 2.24) is 20.1 Å². The van der Waals surface area contributed by atoms with Gasteiger partial charge in [-0.05, 0) is 50.2 Å². The smallest absolute Gasteiger partial charge is 0.181 e. The molecule has 0 spiro atoms. The molecule has 2 aromatic heterocycles. The molecular formula is C22H28FN5O. The number of halogens is 1. The van der Waals surface area contributed by atoms with E-state index in [-0.39, 0.29) is 11.7 Å². The summed E-state index contributed by atoms with van der Waals surface area (Å²) in [7, 11) is 0. The fraction of sp³-hybridized carbons (Fsp3) is 0.591. The van der Waals surface area contributed by atoms with Crippen LogP contribution in [0.25, 0.3) is 16.7 Å². The van der Waals surface area contributed by atoms with Gasteiger partial charge in [0, 0.05) is 43.4 Å². The molecule has 1 saturated heterocycles. The first-order chi connectivity index (χ1) is 13.9. The summed E-state index contributed by atoms with van der Waals surface area (Å²) in [5, 5.41) is 19.1. The molecule has 4 heterocycles. The third-order valence-electron chi connectivity index (χ3n) is 7.11. The van der Waals surface area contributed by atoms with E-state index in [1.165, 1.54) is 0 Å². The van der Waals surface area contributed by atoms with Crippen molar-refractivity contribution in [3.8, 4) is 0 Å². The standard InChI is InChI=1S/C22H28FN5O/c1-13-9-11-28(12-16(13)22(2,29)14-5-6-14)18-8-7-17(23)20(25-18)19-15-4-3-10-24-21(15)27-26-19/h3-4,10,13-14,16,29H,5-9,11-12H2,1-2H3,(H,24,26,27). The lowest BCUT2D eigenvalue weighted by atomic mass is 9.73. The van der Waals surface area contributed by atoms with E-state index in [2.05, 4.69) is 27.0 Å². The number of fused-ring (bicyclic) bond motifs is 1. The van der Waals surface area contributed by atoms with E-state index in [0.717, 1.165) is 43.6 Å². The number of H-pyrrole nitrogens is 1. The Hall–Kier alpha value is -2.28. The quantitative estimate of drug-likeness (QED) is 0.823. The number of nitrogens with zero attached hydrogens (tertiary/aromatic N) is 4. The van der Waals surface area contributed by atoms with Crippen LogP contribution in [0.5, 0.6) is 0 Å². The maximum absolute atomic E-state index is 14.8. The van der Waals surface area contributed by atoms with E-state index in [0.29, 0.717) is 41.7 Å². The Labute approximate surface area is 169 Å². The highest BCUT2D eigenvalue weighted by molar-refractivity contribution is 5.95. The van der Waals surface area contributed by atoms with Crippen LogP contribution in [0.15, 0.2) is 29.1 Å². The number of aromatic nitrogens is 3. The van der Waals surface area contributed by atoms with Crippen molar-refractivity contribution in [2.45, 2.75) is 51.6 Å². The van der Waals surface area contributed by atoms with Gasteiger partial charge in [-0.25, -0.2) is 14.4 Å². The molecule has 1 saturated carbocycles. The number of pyridine rings is 1. The summed E-state index contributed by atoms with van der Waals surface area (Å²) in [6, 6.07) is 3.71. The Balaban J connectivity index is 1.44. The molecule has 0 radical (unpaired) electrons. The molecule has 2 aromatic rings. The van der Waals surface area contributed by atoms with Crippen LogP contribution in [0.2, 0.25) is 0 Å². The van der Waals surface area contributed by atoms with Gasteiger partial charge in [0.2, 0.25) is 0 Å². The van der Waals surface area contributed by atoms with Gasteiger partial charge in [0.05, 0.1) is 11.3 Å². The van der Waals surface area contributed by atoms with E-state index in [1.54, 1.807) is 6.20 Å². The molecule has 7 heteroatoms. The zero-order valence-electron chi connectivity index (χ0n) is 17.0. The van der Waals surface area contributed by atoms with E-state index in [9.17, 15) is 9.50 Å². The second-order valence-corrected chi connectivity index (χ2v) is 9.07. The number of aliphatic hydroxyl groups is 1. The van der Waals surface area contributed by atoms with Gasteiger partial charge in [0.15, 0.2) is 5.65 Å². The number of aliphatic imine (C=N–C) groups is 1. The van der Waals surface area contributed by atoms with Crippen molar-refractivity contribution >= 4 is 22.6 Å². The van der Waals surface area contributed by atoms with Crippen molar-refractivity contribution in [3.63, 3.8) is 0 Å². The first-order valence-corrected chi connectivity index (χ1v) is 10.7. The molecule has 0 bridgehead atoms. The first kappa shape index (κ1) is 18.7. The lowest BCUT2D eigenvalue weighted by molar-refractivity contribution is -0.0629. The molecule has 5 rings (SSSR count). The highest BCUT2D eigenvalue weighted by atomic mass is 19.1. The van der Waals surface area contributed by atoms with Crippen molar-refractivity contribution < 1.29 is 9.50 Å². The number of amidine groups is 1. The van der Waals surface area contributed by atoms with Gasteiger partial charge in [-0.3, -0.25) is 5.10 Å². The minimum atomic E-state index is -0.636. The van der Waals surface area contributed by atoms with Crippen LogP contribution >= 0.6 is 0 Å². The summed E-state index contributed by atoms with van der Waals surface area (Å²) in [5.74, 6) is 1.80. The molecule has 6 nitrogen and oxygen atoms in total. The maximum Gasteiger partial charge on any atom is 0.181 e. The topological polar surface area (TPSA) is 77.4 Å². The average Bonchev–Trinajstić information content (AvgIpc) is 3.50. The molecule has 1 aliphatic carbocycles. The molecule has 2 N–H and O–H groups in total. The fourth-order valence-electron chi connectivity index (χ4n) is 5.07. The second-order valence-electron chi connectivity index (χ2n) is 9.07. The third-order valence-corrected chi connectivity index (χ3v) is 7.11. The Morgan fingerprint density at radius 2 is 2.10 bits per heavy atom. The van der Waals surface area contributed by atoms with Gasteiger partial charge in [-0.1, -0.05) is 6.92 Å². The highest BCUT2D eigenvalue weighted by Gasteiger charge is 2.49. The number of rotatable bonds is 3. The number of nitrogens with one attached hydrogen (secondary N) is 1. The van der Waals surface area contributed by atoms with Gasteiger partial charge in [-0.15, -0.1) is 0 Å². The number of hydrogen-bond donors (Lipinski definition) is 2. The maximum atomic E-state index is 14.8. The monoisotopic (exact) mass is 397 g/mol. The Morgan fingerprint density at radius 1 is 1.28 bits per heavy atom. The predicted molar refractivity (Wildman–Crippen MR) is 111 cm³/mol. The predicted octanol–water partition coefficient (Wildman–Crippen LogP) is 3.91. The molecule has 154 valence electrons. The van der Waals surface area contributed by atoms with E-state index in [1.807, 2.05) is 19.1 Å². The van der Waals surface area contributed by atoms with Gasteiger partial charge >= 0.3 is 0 Å². The zero-order chi connectivity index (χ0) is 20.2. The molecule has 2 fully saturated rings. The van der Waals surface area contributed by atoms with E-state index < -0.39 is 5.60 Å². The molecule has 3 aliphatic rings. The number of allylic oxidation sites excluding steroid dienone is 1. The van der Waals surface area contributed by atoms with E-state index in [4.69, 9.17) is 4.99 Å². The zero-order valence-corrected chi connectivity index (χ0v) is 17.0. The first-order valence-electron chi connectivity index (χ1n) is 10.7. The Bertz CT molecular complexity index is 990. The lowest BCUT2D eigenvalue weighted by Crippen LogP contribution is -2.52. The average molecular weight is 397 g/mol. The Kier molecular flexibility index (Phi) is 4.46. The van der Waals surface area contributed by atoms with Gasteiger partial charge in [0.25, 0.3) is 0 Å². The largest absolute Gasteiger partial charge is 0.390 e. The molecule has 2 aliphatic heterocycles. The lowest BCUT2D eigenvalue weighted by Gasteiger charge is -2.45. The van der Waals surface area contributed by atoms with Crippen LogP contribution in [0, 0.1) is 17.8 Å². The van der Waals surface area contributed by atoms with Gasteiger partial charge in [0.1, 0.15) is 17.4 Å². The summed E-state index contributed by atoms with van der Waals surface area (Å²) < 4.78 is 14.8. The minimum absolute atomic E-state index is 0.211. The van der Waals surface area contributed by atoms with Crippen LogP contribution in [-0.4, -0.2) is 49.7 Å². The molecule has 0 aromatic carbocycles. The van der Waals surface area contributed by atoms with Crippen LogP contribution in [0.1, 0.15) is 51.6 Å². The molecule has 29 heavy (non-hydrogen) atoms. The summed E-state index contributed by atoms with van der Waals surface area (Å²) in [6.07, 6.45) is 5.86. The molecule has 3 atom stereocenters. The number of likely N-dealkylation sites (tertiary alicyclic amines) is 1. The van der Waals surface area contributed by atoms with Crippen molar-refractivity contribution in [2.24, 2.45) is 22.7 Å². The fourth-order valence-corrected chi connectivity index (χ4v) is 5.07. The Morgan fingerprint density at radius 3 is 2.90 bits per heavy atom. The number of piperidine rings is 1. The third kappa shape index (κ3) is 3.25. The SMILES string of the molecule is CC1CCN(C2=NC(c3[nH]nc4ncccc34)=C(F)CC2)CC1C(C)(O)C1CC1. The molecule has 3 unspecified atom stereocenters. The van der Waals surface area contributed by atoms with Crippen LogP contribution < -0.4 is 0 Å². The summed E-state index contributed by atoms with van der Waals surface area (Å²) >= 11 is 0. The van der Waals surface area contributed by atoms with Crippen molar-refractivity contribution in [3.05, 3.63) is 29.9 Å². The number of hydrogen-bond acceptors (Lipinski definition) is 5. The van der Waals surface area contributed by atoms with Crippen LogP contribution in [0.4, 0.5) is 4.39 Å². The highest BCUT2D eigenvalue weighted by Crippen LogP contribution is 2.47. The van der Waals surface area contributed by atoms with Crippen molar-refractivity contribution in [1.29, 1.82) is 0 Å². The van der Waals surface area contributed by atoms with Crippen LogP contribution in [-0.2, 0) is 0 Å². The second kappa shape index (κ2) is 6.90. The molecular weight excluding hydrogens is 369 g/mol. The molecule has 0 amide bonds. The summed E-state index contributed by atoms with van der Waals surface area (Å²) in [4.78, 5) is 11.2. The minimum Gasteiger partial charge on any atom is -0.390 e. The van der Waals surface area contributed by atoms with Crippen LogP contribution in [0.3, 0.4) is 0 Å². The van der Waals surface area contributed by atoms with Gasteiger partial charge < -0.3 is 10.0 Å². The van der Waals surface area contributed by atoms with E-state index >= 15 is 0 Å². The summed E-state index contributed by atoms with van der Waals surface area (Å²) in [5.41, 5.74) is 0.862. The summed E-state index contributed by atoms with van der Waals surface area (Å²) in [6.45, 7) is 5.93. The van der Waals surface area contributed by atoms with Crippen molar-refractivity contribution in [2.75, 3.05) is 13.1 Å².